The summed E-state index contributed by atoms with van der Waals surface area (Å²) in [6, 6.07) is 16.1. The first-order chi connectivity index (χ1) is 12.6. The van der Waals surface area contributed by atoms with Gasteiger partial charge in [0.25, 0.3) is 11.8 Å². The molecule has 26 heavy (non-hydrogen) atoms. The van der Waals surface area contributed by atoms with Crippen LogP contribution >= 0.6 is 0 Å². The number of anilines is 1. The molecule has 0 aliphatic carbocycles. The van der Waals surface area contributed by atoms with Crippen molar-refractivity contribution in [1.82, 2.24) is 5.32 Å². The molecule has 0 bridgehead atoms. The van der Waals surface area contributed by atoms with Gasteiger partial charge in [0.1, 0.15) is 17.1 Å². The van der Waals surface area contributed by atoms with E-state index in [9.17, 15) is 14.7 Å². The van der Waals surface area contributed by atoms with Crippen LogP contribution in [0.3, 0.4) is 0 Å². The predicted octanol–water partition coefficient (Wildman–Crippen LogP) is 2.58. The zero-order valence-corrected chi connectivity index (χ0v) is 14.4. The topological polar surface area (TPSA) is 87.7 Å². The summed E-state index contributed by atoms with van der Waals surface area (Å²) < 4.78 is 5.06. The van der Waals surface area contributed by atoms with Gasteiger partial charge in [0.2, 0.25) is 0 Å². The number of carbonyl (C=O) groups excluding carboxylic acids is 2. The maximum Gasteiger partial charge on any atom is 0.264 e. The summed E-state index contributed by atoms with van der Waals surface area (Å²) in [4.78, 5) is 24.7. The molecular formula is C20H20N2O4. The van der Waals surface area contributed by atoms with Gasteiger partial charge in [0.15, 0.2) is 0 Å². The molecule has 3 rings (SSSR count). The minimum atomic E-state index is -0.636. The SMILES string of the molecule is COc1ccc(NC(=O)C2=C(O)CC(Cc3ccccc3)NC2=O)cc1. The van der Waals surface area contributed by atoms with E-state index in [4.69, 9.17) is 4.74 Å². The van der Waals surface area contributed by atoms with Crippen molar-refractivity contribution < 1.29 is 19.4 Å². The van der Waals surface area contributed by atoms with Gasteiger partial charge in [-0.15, -0.1) is 0 Å². The van der Waals surface area contributed by atoms with Crippen LogP contribution in [0.15, 0.2) is 65.9 Å². The fraction of sp³-hybridized carbons (Fsp3) is 0.200. The highest BCUT2D eigenvalue weighted by Crippen LogP contribution is 2.21. The van der Waals surface area contributed by atoms with Gasteiger partial charge in [0, 0.05) is 18.2 Å². The zero-order chi connectivity index (χ0) is 18.5. The molecule has 6 heteroatoms. The molecule has 0 spiro atoms. The van der Waals surface area contributed by atoms with E-state index < -0.39 is 11.8 Å². The largest absolute Gasteiger partial charge is 0.511 e. The number of hydrogen-bond acceptors (Lipinski definition) is 4. The van der Waals surface area contributed by atoms with E-state index in [2.05, 4.69) is 10.6 Å². The van der Waals surface area contributed by atoms with Crippen LogP contribution in [0.2, 0.25) is 0 Å². The van der Waals surface area contributed by atoms with Crippen LogP contribution in [-0.4, -0.2) is 30.1 Å². The van der Waals surface area contributed by atoms with Crippen LogP contribution in [0.25, 0.3) is 0 Å². The summed E-state index contributed by atoms with van der Waals surface area (Å²) in [6.45, 7) is 0. The summed E-state index contributed by atoms with van der Waals surface area (Å²) in [5.74, 6) is -0.742. The molecular weight excluding hydrogens is 332 g/mol. The Balaban J connectivity index is 1.69. The summed E-state index contributed by atoms with van der Waals surface area (Å²) in [5.41, 5.74) is 1.32. The molecule has 0 saturated carbocycles. The summed E-state index contributed by atoms with van der Waals surface area (Å²) in [5, 5.41) is 15.7. The third kappa shape index (κ3) is 4.03. The van der Waals surface area contributed by atoms with Gasteiger partial charge < -0.3 is 20.5 Å². The van der Waals surface area contributed by atoms with Crippen molar-refractivity contribution >= 4 is 17.5 Å². The predicted molar refractivity (Wildman–Crippen MR) is 98.0 cm³/mol. The smallest absolute Gasteiger partial charge is 0.264 e. The fourth-order valence-electron chi connectivity index (χ4n) is 2.90. The molecule has 0 saturated heterocycles. The molecule has 0 aromatic heterocycles. The van der Waals surface area contributed by atoms with Crippen molar-refractivity contribution in [3.05, 3.63) is 71.5 Å². The van der Waals surface area contributed by atoms with Crippen LogP contribution in [0.4, 0.5) is 5.69 Å². The quantitative estimate of drug-likeness (QED) is 0.722. The Labute approximate surface area is 151 Å². The molecule has 1 aliphatic rings. The van der Waals surface area contributed by atoms with Crippen LogP contribution in [-0.2, 0) is 16.0 Å². The number of methoxy groups -OCH3 is 1. The van der Waals surface area contributed by atoms with Crippen molar-refractivity contribution in [1.29, 1.82) is 0 Å². The molecule has 0 fully saturated rings. The third-order valence-corrected chi connectivity index (χ3v) is 4.19. The normalized spacial score (nSPS) is 16.8. The summed E-state index contributed by atoms with van der Waals surface area (Å²) >= 11 is 0. The molecule has 3 N–H and O–H groups in total. The van der Waals surface area contributed by atoms with Gasteiger partial charge in [-0.05, 0) is 36.2 Å². The summed E-state index contributed by atoms with van der Waals surface area (Å²) in [7, 11) is 1.55. The van der Waals surface area contributed by atoms with Crippen LogP contribution in [0, 0.1) is 0 Å². The lowest BCUT2D eigenvalue weighted by molar-refractivity contribution is -0.122. The van der Waals surface area contributed by atoms with Crippen LogP contribution in [0.5, 0.6) is 5.75 Å². The van der Waals surface area contributed by atoms with Gasteiger partial charge in [-0.3, -0.25) is 9.59 Å². The molecule has 2 aromatic carbocycles. The highest BCUT2D eigenvalue weighted by atomic mass is 16.5. The maximum absolute atomic E-state index is 12.4. The number of rotatable bonds is 5. The van der Waals surface area contributed by atoms with Crippen molar-refractivity contribution in [3.63, 3.8) is 0 Å². The van der Waals surface area contributed by atoms with E-state index >= 15 is 0 Å². The Morgan fingerprint density at radius 3 is 2.50 bits per heavy atom. The van der Waals surface area contributed by atoms with Gasteiger partial charge in [-0.25, -0.2) is 0 Å². The zero-order valence-electron chi connectivity index (χ0n) is 14.4. The van der Waals surface area contributed by atoms with Crippen molar-refractivity contribution in [3.8, 4) is 5.75 Å². The number of aliphatic hydroxyl groups excluding tert-OH is 1. The molecule has 134 valence electrons. The van der Waals surface area contributed by atoms with Crippen LogP contribution < -0.4 is 15.4 Å². The number of ether oxygens (including phenoxy) is 1. The highest BCUT2D eigenvalue weighted by molar-refractivity contribution is 6.23. The first-order valence-electron chi connectivity index (χ1n) is 8.29. The lowest BCUT2D eigenvalue weighted by Gasteiger charge is -2.25. The number of benzene rings is 2. The monoisotopic (exact) mass is 352 g/mol. The average Bonchev–Trinajstić information content (AvgIpc) is 2.62. The number of aliphatic hydroxyl groups is 1. The van der Waals surface area contributed by atoms with Gasteiger partial charge in [0.05, 0.1) is 7.11 Å². The lowest BCUT2D eigenvalue weighted by atomic mass is 9.96. The highest BCUT2D eigenvalue weighted by Gasteiger charge is 2.31. The van der Waals surface area contributed by atoms with E-state index in [1.54, 1.807) is 31.4 Å². The Bertz CT molecular complexity index is 829. The van der Waals surface area contributed by atoms with E-state index in [1.807, 2.05) is 30.3 Å². The molecule has 1 unspecified atom stereocenters. The molecule has 1 heterocycles. The molecule has 0 radical (unpaired) electrons. The van der Waals surface area contributed by atoms with E-state index in [0.717, 1.165) is 5.56 Å². The first kappa shape index (κ1) is 17.5. The Morgan fingerprint density at radius 1 is 1.19 bits per heavy atom. The molecule has 1 atom stereocenters. The van der Waals surface area contributed by atoms with Crippen molar-refractivity contribution in [2.45, 2.75) is 18.9 Å². The van der Waals surface area contributed by atoms with E-state index in [1.165, 1.54) is 0 Å². The van der Waals surface area contributed by atoms with Crippen molar-refractivity contribution in [2.24, 2.45) is 0 Å². The van der Waals surface area contributed by atoms with Gasteiger partial charge in [-0.1, -0.05) is 30.3 Å². The maximum atomic E-state index is 12.4. The fourth-order valence-corrected chi connectivity index (χ4v) is 2.90. The Kier molecular flexibility index (Phi) is 5.22. The van der Waals surface area contributed by atoms with E-state index in [0.29, 0.717) is 17.9 Å². The Morgan fingerprint density at radius 2 is 1.88 bits per heavy atom. The Hall–Kier alpha value is -3.28. The molecule has 1 aliphatic heterocycles. The lowest BCUT2D eigenvalue weighted by Crippen LogP contribution is -2.44. The second-order valence-electron chi connectivity index (χ2n) is 6.07. The minimum Gasteiger partial charge on any atom is -0.511 e. The number of nitrogens with one attached hydrogen (secondary N) is 2. The molecule has 2 amide bonds. The standard InChI is InChI=1S/C20H20N2O4/c1-26-16-9-7-14(8-10-16)21-19(24)18-17(23)12-15(22-20(18)25)11-13-5-3-2-4-6-13/h2-10,15,23H,11-12H2,1H3,(H,21,24)(H,22,25). The van der Waals surface area contributed by atoms with Gasteiger partial charge >= 0.3 is 0 Å². The van der Waals surface area contributed by atoms with Crippen LogP contribution in [0.1, 0.15) is 12.0 Å². The number of carbonyl (C=O) groups is 2. The third-order valence-electron chi connectivity index (χ3n) is 4.19. The second kappa shape index (κ2) is 7.74. The summed E-state index contributed by atoms with van der Waals surface area (Å²) in [6.07, 6.45) is 0.802. The molecule has 6 nitrogen and oxygen atoms in total. The first-order valence-corrected chi connectivity index (χ1v) is 8.29. The van der Waals surface area contributed by atoms with Crippen molar-refractivity contribution in [2.75, 3.05) is 12.4 Å². The minimum absolute atomic E-state index is 0.194. The number of amides is 2. The van der Waals surface area contributed by atoms with E-state index in [-0.39, 0.29) is 23.8 Å². The average molecular weight is 352 g/mol. The van der Waals surface area contributed by atoms with Gasteiger partial charge in [-0.2, -0.15) is 0 Å². The second-order valence-corrected chi connectivity index (χ2v) is 6.07. The molecule has 2 aromatic rings. The number of hydrogen-bond donors (Lipinski definition) is 3.